The van der Waals surface area contributed by atoms with Gasteiger partial charge in [-0.25, -0.2) is 0 Å². The Bertz CT molecular complexity index is 543. The third-order valence-electron chi connectivity index (χ3n) is 4.44. The lowest BCUT2D eigenvalue weighted by Gasteiger charge is -2.23. The van der Waals surface area contributed by atoms with Crippen LogP contribution in [0.5, 0.6) is 5.75 Å². The number of rotatable bonds is 4. The number of ether oxygens (including phenoxy) is 1. The van der Waals surface area contributed by atoms with Crippen molar-refractivity contribution < 1.29 is 4.74 Å². The summed E-state index contributed by atoms with van der Waals surface area (Å²) in [4.78, 5) is 0. The van der Waals surface area contributed by atoms with Gasteiger partial charge in [0.1, 0.15) is 11.6 Å². The smallest absolute Gasteiger partial charge is 0.150 e. The predicted molar refractivity (Wildman–Crippen MR) is 100 cm³/mol. The summed E-state index contributed by atoms with van der Waals surface area (Å²) in [5.74, 6) is 3.03. The molecule has 130 valence electrons. The van der Waals surface area contributed by atoms with Gasteiger partial charge in [0.05, 0.1) is 5.69 Å². The number of nitrogens with two attached hydrogens (primary N) is 1. The molecule has 1 aliphatic heterocycles. The lowest BCUT2D eigenvalue weighted by atomic mass is 9.89. The number of allylic oxidation sites excluding steroid dienone is 1. The number of benzene rings is 1. The first kappa shape index (κ1) is 19.9. The van der Waals surface area contributed by atoms with Gasteiger partial charge < -0.3 is 21.1 Å². The van der Waals surface area contributed by atoms with Crippen LogP contribution in [0, 0.1) is 5.92 Å². The minimum atomic E-state index is 0. The average molecular weight is 360 g/mol. The molecule has 1 aliphatic carbocycles. The molecule has 0 saturated heterocycles. The Morgan fingerprint density at radius 1 is 1.22 bits per heavy atom. The van der Waals surface area contributed by atoms with E-state index < -0.39 is 0 Å². The summed E-state index contributed by atoms with van der Waals surface area (Å²) in [6, 6.07) is 6.24. The van der Waals surface area contributed by atoms with Crippen molar-refractivity contribution >= 4 is 30.5 Å². The third kappa shape index (κ3) is 5.20. The van der Waals surface area contributed by atoms with Crippen molar-refractivity contribution in [1.29, 1.82) is 0 Å². The molecule has 1 heterocycles. The molecule has 1 aromatic rings. The molecule has 4 N–H and O–H groups in total. The number of hydrogen-bond acceptors (Lipinski definition) is 4. The van der Waals surface area contributed by atoms with E-state index in [1.165, 1.54) is 37.7 Å². The number of nitrogens with one attached hydrogen (secondary N) is 2. The van der Waals surface area contributed by atoms with Gasteiger partial charge in [-0.2, -0.15) is 0 Å². The van der Waals surface area contributed by atoms with Crippen LogP contribution in [0.4, 0.5) is 5.69 Å². The number of halogens is 2. The molecule has 23 heavy (non-hydrogen) atoms. The first-order chi connectivity index (χ1) is 10.2. The number of fused-ring (bicyclic) bond motifs is 1. The highest BCUT2D eigenvalue weighted by molar-refractivity contribution is 5.85. The standard InChI is InChI=1S/C17H25N3O.2ClH/c1-12-17(18)20-15-9-14(7-8-16(15)21-12)11-19-10-13-5-3-2-4-6-13;;/h7-9,13,19-20H,2-6,10-11,18H2,1H3;2*1H. The molecular formula is C17H27Cl2N3O. The van der Waals surface area contributed by atoms with Gasteiger partial charge in [0.15, 0.2) is 5.75 Å². The summed E-state index contributed by atoms with van der Waals surface area (Å²) in [5, 5.41) is 6.78. The lowest BCUT2D eigenvalue weighted by Crippen LogP contribution is -2.24. The van der Waals surface area contributed by atoms with Crippen molar-refractivity contribution in [2.45, 2.75) is 45.6 Å². The van der Waals surface area contributed by atoms with Gasteiger partial charge in [-0.3, -0.25) is 0 Å². The molecule has 1 aromatic carbocycles. The zero-order chi connectivity index (χ0) is 14.7. The van der Waals surface area contributed by atoms with Crippen LogP contribution in [0.1, 0.15) is 44.6 Å². The van der Waals surface area contributed by atoms with E-state index in [4.69, 9.17) is 10.5 Å². The Balaban J connectivity index is 0.00000132. The first-order valence-corrected chi connectivity index (χ1v) is 7.97. The van der Waals surface area contributed by atoms with Crippen molar-refractivity contribution in [2.24, 2.45) is 11.7 Å². The quantitative estimate of drug-likeness (QED) is 0.755. The summed E-state index contributed by atoms with van der Waals surface area (Å²) in [7, 11) is 0. The molecule has 0 aromatic heterocycles. The maximum atomic E-state index is 5.87. The molecule has 0 amide bonds. The Labute approximate surface area is 151 Å². The molecule has 6 heteroatoms. The summed E-state index contributed by atoms with van der Waals surface area (Å²) in [5.41, 5.74) is 8.08. The second-order valence-electron chi connectivity index (χ2n) is 6.16. The van der Waals surface area contributed by atoms with Crippen LogP contribution in [0.2, 0.25) is 0 Å². The highest BCUT2D eigenvalue weighted by atomic mass is 35.5. The Morgan fingerprint density at radius 3 is 2.70 bits per heavy atom. The van der Waals surface area contributed by atoms with Crippen LogP contribution in [0.25, 0.3) is 0 Å². The summed E-state index contributed by atoms with van der Waals surface area (Å²) >= 11 is 0. The van der Waals surface area contributed by atoms with Gasteiger partial charge in [-0.1, -0.05) is 25.3 Å². The van der Waals surface area contributed by atoms with E-state index in [-0.39, 0.29) is 24.8 Å². The fraction of sp³-hybridized carbons (Fsp3) is 0.529. The summed E-state index contributed by atoms with van der Waals surface area (Å²) in [6.45, 7) is 3.89. The minimum Gasteiger partial charge on any atom is -0.456 e. The van der Waals surface area contributed by atoms with E-state index in [2.05, 4.69) is 22.8 Å². The highest BCUT2D eigenvalue weighted by Crippen LogP contribution is 2.32. The second-order valence-corrected chi connectivity index (χ2v) is 6.16. The highest BCUT2D eigenvalue weighted by Gasteiger charge is 2.15. The van der Waals surface area contributed by atoms with E-state index in [1.807, 2.05) is 13.0 Å². The van der Waals surface area contributed by atoms with Gasteiger partial charge >= 0.3 is 0 Å². The van der Waals surface area contributed by atoms with E-state index in [9.17, 15) is 0 Å². The minimum absolute atomic E-state index is 0. The largest absolute Gasteiger partial charge is 0.456 e. The molecule has 4 nitrogen and oxygen atoms in total. The molecule has 0 radical (unpaired) electrons. The maximum absolute atomic E-state index is 5.87. The van der Waals surface area contributed by atoms with E-state index >= 15 is 0 Å². The monoisotopic (exact) mass is 359 g/mol. The van der Waals surface area contributed by atoms with E-state index in [0.717, 1.165) is 36.2 Å². The molecule has 0 atom stereocenters. The maximum Gasteiger partial charge on any atom is 0.150 e. The fourth-order valence-electron chi connectivity index (χ4n) is 3.14. The predicted octanol–water partition coefficient (Wildman–Crippen LogP) is 4.15. The Kier molecular flexibility index (Phi) is 8.03. The molecular weight excluding hydrogens is 333 g/mol. The molecule has 0 unspecified atom stereocenters. The second kappa shape index (κ2) is 9.26. The van der Waals surface area contributed by atoms with Crippen LogP contribution in [0.3, 0.4) is 0 Å². The third-order valence-corrected chi connectivity index (χ3v) is 4.44. The fourth-order valence-corrected chi connectivity index (χ4v) is 3.14. The van der Waals surface area contributed by atoms with Crippen molar-refractivity contribution in [1.82, 2.24) is 5.32 Å². The van der Waals surface area contributed by atoms with Gasteiger partial charge in [-0.15, -0.1) is 24.8 Å². The van der Waals surface area contributed by atoms with E-state index in [1.54, 1.807) is 0 Å². The summed E-state index contributed by atoms with van der Waals surface area (Å²) in [6.07, 6.45) is 6.98. The van der Waals surface area contributed by atoms with Crippen LogP contribution >= 0.6 is 24.8 Å². The zero-order valence-electron chi connectivity index (χ0n) is 13.6. The normalized spacial score (nSPS) is 17.3. The Hall–Kier alpha value is -1.10. The molecule has 2 aliphatic rings. The number of hydrogen-bond donors (Lipinski definition) is 3. The zero-order valence-corrected chi connectivity index (χ0v) is 15.2. The van der Waals surface area contributed by atoms with Crippen molar-refractivity contribution in [3.8, 4) is 5.75 Å². The molecule has 0 bridgehead atoms. The van der Waals surface area contributed by atoms with Crippen LogP contribution in [-0.4, -0.2) is 6.54 Å². The van der Waals surface area contributed by atoms with Gasteiger partial charge in [0, 0.05) is 6.54 Å². The molecule has 3 rings (SSSR count). The van der Waals surface area contributed by atoms with Crippen LogP contribution in [0.15, 0.2) is 29.8 Å². The summed E-state index contributed by atoms with van der Waals surface area (Å²) < 4.78 is 5.67. The SMILES string of the molecule is CC1=C(N)Nc2cc(CNCC3CCCCC3)ccc2O1.Cl.Cl. The van der Waals surface area contributed by atoms with Crippen LogP contribution < -0.4 is 21.1 Å². The van der Waals surface area contributed by atoms with Crippen molar-refractivity contribution in [2.75, 3.05) is 11.9 Å². The number of anilines is 1. The van der Waals surface area contributed by atoms with Crippen molar-refractivity contribution in [3.63, 3.8) is 0 Å². The average Bonchev–Trinajstić information content (AvgIpc) is 2.50. The molecule has 0 spiro atoms. The van der Waals surface area contributed by atoms with E-state index in [0.29, 0.717) is 5.82 Å². The van der Waals surface area contributed by atoms with Crippen molar-refractivity contribution in [3.05, 3.63) is 35.3 Å². The van der Waals surface area contributed by atoms with Gasteiger partial charge in [0.2, 0.25) is 0 Å². The lowest BCUT2D eigenvalue weighted by molar-refractivity contribution is 0.342. The Morgan fingerprint density at radius 2 is 1.96 bits per heavy atom. The molecule has 1 saturated carbocycles. The van der Waals surface area contributed by atoms with Gasteiger partial charge in [0.25, 0.3) is 0 Å². The van der Waals surface area contributed by atoms with Gasteiger partial charge in [-0.05, 0) is 49.9 Å². The topological polar surface area (TPSA) is 59.3 Å². The first-order valence-electron chi connectivity index (χ1n) is 7.97. The molecule has 1 fully saturated rings. The van der Waals surface area contributed by atoms with Crippen LogP contribution in [-0.2, 0) is 6.54 Å².